The Morgan fingerprint density at radius 3 is 2.32 bits per heavy atom. The van der Waals surface area contributed by atoms with Gasteiger partial charge in [0.1, 0.15) is 17.3 Å². The van der Waals surface area contributed by atoms with E-state index in [1.54, 1.807) is 48.7 Å². The summed E-state index contributed by atoms with van der Waals surface area (Å²) in [6.45, 7) is 3.16. The van der Waals surface area contributed by atoms with Crippen molar-refractivity contribution in [2.24, 2.45) is 0 Å². The van der Waals surface area contributed by atoms with Crippen molar-refractivity contribution < 1.29 is 18.7 Å². The van der Waals surface area contributed by atoms with Crippen molar-refractivity contribution in [1.82, 2.24) is 15.3 Å². The molecular formula is C27H24FN3O3. The zero-order valence-corrected chi connectivity index (χ0v) is 18.7. The van der Waals surface area contributed by atoms with Gasteiger partial charge in [-0.25, -0.2) is 9.37 Å². The van der Waals surface area contributed by atoms with Crippen LogP contribution in [-0.4, -0.2) is 22.5 Å². The Balaban J connectivity index is 1.33. The fourth-order valence-electron chi connectivity index (χ4n) is 3.14. The normalized spacial score (nSPS) is 10.5. The lowest BCUT2D eigenvalue weighted by Crippen LogP contribution is -2.22. The molecule has 4 aromatic rings. The van der Waals surface area contributed by atoms with Crippen LogP contribution in [0.1, 0.15) is 29.3 Å². The average molecular weight is 458 g/mol. The summed E-state index contributed by atoms with van der Waals surface area (Å²) >= 11 is 0. The second-order valence-corrected chi connectivity index (χ2v) is 7.53. The Morgan fingerprint density at radius 2 is 1.62 bits per heavy atom. The van der Waals surface area contributed by atoms with Gasteiger partial charge in [0.15, 0.2) is 5.82 Å². The minimum Gasteiger partial charge on any atom is -0.494 e. The minimum absolute atomic E-state index is 0.182. The van der Waals surface area contributed by atoms with Crippen molar-refractivity contribution in [2.45, 2.75) is 19.9 Å². The first-order valence-corrected chi connectivity index (χ1v) is 11.0. The molecule has 0 saturated carbocycles. The molecule has 1 heterocycles. The van der Waals surface area contributed by atoms with Gasteiger partial charge in [-0.3, -0.25) is 4.79 Å². The zero-order chi connectivity index (χ0) is 23.8. The van der Waals surface area contributed by atoms with Gasteiger partial charge >= 0.3 is 0 Å². The number of hydrogen-bond acceptors (Lipinski definition) is 5. The number of carbonyl (C=O) groups excluding carboxylic acids is 1. The number of halogens is 1. The molecule has 3 aromatic carbocycles. The molecule has 0 atom stereocenters. The molecule has 0 unspecified atom stereocenters. The molecule has 4 rings (SSSR count). The highest BCUT2D eigenvalue weighted by Crippen LogP contribution is 2.23. The number of ether oxygens (including phenoxy) is 2. The van der Waals surface area contributed by atoms with E-state index in [2.05, 4.69) is 22.2 Å². The molecule has 0 fully saturated rings. The Bertz CT molecular complexity index is 1230. The molecule has 0 spiro atoms. The molecule has 34 heavy (non-hydrogen) atoms. The fourth-order valence-corrected chi connectivity index (χ4v) is 3.14. The van der Waals surface area contributed by atoms with Crippen molar-refractivity contribution in [2.75, 3.05) is 6.61 Å². The number of aromatic nitrogens is 2. The predicted molar refractivity (Wildman–Crippen MR) is 127 cm³/mol. The molecule has 7 heteroatoms. The first-order valence-electron chi connectivity index (χ1n) is 11.0. The third kappa shape index (κ3) is 6.16. The predicted octanol–water partition coefficient (Wildman–Crippen LogP) is 5.79. The molecule has 0 radical (unpaired) electrons. The lowest BCUT2D eigenvalue weighted by atomic mass is 10.2. The number of hydrogen-bond donors (Lipinski definition) is 1. The van der Waals surface area contributed by atoms with Crippen LogP contribution in [0.2, 0.25) is 0 Å². The van der Waals surface area contributed by atoms with E-state index < -0.39 is 0 Å². The summed E-state index contributed by atoms with van der Waals surface area (Å²) in [5.41, 5.74) is 2.19. The van der Waals surface area contributed by atoms with Crippen LogP contribution >= 0.6 is 0 Å². The van der Waals surface area contributed by atoms with Crippen LogP contribution < -0.4 is 14.8 Å². The number of amides is 1. The van der Waals surface area contributed by atoms with Crippen LogP contribution in [0.4, 0.5) is 4.39 Å². The Morgan fingerprint density at radius 1 is 0.912 bits per heavy atom. The number of nitrogens with zero attached hydrogens (tertiary/aromatic N) is 2. The van der Waals surface area contributed by atoms with Crippen molar-refractivity contribution in [3.8, 4) is 28.8 Å². The molecule has 0 aliphatic heterocycles. The van der Waals surface area contributed by atoms with E-state index in [4.69, 9.17) is 9.47 Å². The molecular weight excluding hydrogens is 433 g/mol. The second-order valence-electron chi connectivity index (χ2n) is 7.53. The average Bonchev–Trinajstić information content (AvgIpc) is 2.88. The lowest BCUT2D eigenvalue weighted by Gasteiger charge is -2.09. The van der Waals surface area contributed by atoms with Gasteiger partial charge in [-0.05, 0) is 72.6 Å². The van der Waals surface area contributed by atoms with E-state index in [9.17, 15) is 9.18 Å². The van der Waals surface area contributed by atoms with Gasteiger partial charge in [-0.2, -0.15) is 4.98 Å². The van der Waals surface area contributed by atoms with E-state index in [0.29, 0.717) is 41.7 Å². The summed E-state index contributed by atoms with van der Waals surface area (Å²) in [6, 6.07) is 22.0. The standard InChI is InChI=1S/C27H24FN3O3/c1-2-17-33-23-11-3-19(4-12-23)18-30-27(32)21-7-13-24(14-8-21)34-25-15-16-29-26(31-25)20-5-9-22(28)10-6-20/h3-16H,2,17-18H2,1H3,(H,30,32). The van der Waals surface area contributed by atoms with Crippen LogP contribution in [0.15, 0.2) is 85.1 Å². The monoisotopic (exact) mass is 457 g/mol. The smallest absolute Gasteiger partial charge is 0.251 e. The SMILES string of the molecule is CCCOc1ccc(CNC(=O)c2ccc(Oc3ccnc(-c4ccc(F)cc4)n3)cc2)cc1. The van der Waals surface area contributed by atoms with E-state index >= 15 is 0 Å². The molecule has 6 nitrogen and oxygen atoms in total. The third-order valence-corrected chi connectivity index (χ3v) is 4.92. The van der Waals surface area contributed by atoms with Crippen LogP contribution in [-0.2, 0) is 6.54 Å². The maximum absolute atomic E-state index is 13.1. The van der Waals surface area contributed by atoms with Crippen LogP contribution in [0.3, 0.4) is 0 Å². The van der Waals surface area contributed by atoms with Crippen molar-refractivity contribution in [3.63, 3.8) is 0 Å². The largest absolute Gasteiger partial charge is 0.494 e. The van der Waals surface area contributed by atoms with E-state index in [1.807, 2.05) is 24.3 Å². The third-order valence-electron chi connectivity index (χ3n) is 4.92. The Kier molecular flexibility index (Phi) is 7.45. The lowest BCUT2D eigenvalue weighted by molar-refractivity contribution is 0.0951. The Labute approximate surface area is 197 Å². The van der Waals surface area contributed by atoms with Gasteiger partial charge in [-0.1, -0.05) is 19.1 Å². The molecule has 1 amide bonds. The first kappa shape index (κ1) is 22.9. The minimum atomic E-state index is -0.324. The first-order chi connectivity index (χ1) is 16.6. The summed E-state index contributed by atoms with van der Waals surface area (Å²) in [4.78, 5) is 21.1. The summed E-state index contributed by atoms with van der Waals surface area (Å²) in [7, 11) is 0. The van der Waals surface area contributed by atoms with Gasteiger partial charge in [-0.15, -0.1) is 0 Å². The zero-order valence-electron chi connectivity index (χ0n) is 18.7. The summed E-state index contributed by atoms with van der Waals surface area (Å²) in [6.07, 6.45) is 2.53. The highest BCUT2D eigenvalue weighted by atomic mass is 19.1. The summed E-state index contributed by atoms with van der Waals surface area (Å²) in [5.74, 6) is 1.62. The highest BCUT2D eigenvalue weighted by molar-refractivity contribution is 5.94. The van der Waals surface area contributed by atoms with Crippen molar-refractivity contribution >= 4 is 5.91 Å². The fraction of sp³-hybridized carbons (Fsp3) is 0.148. The second kappa shape index (κ2) is 11.0. The molecule has 0 bridgehead atoms. The maximum atomic E-state index is 13.1. The number of nitrogens with one attached hydrogen (secondary N) is 1. The number of rotatable bonds is 9. The van der Waals surface area contributed by atoms with Gasteiger partial charge < -0.3 is 14.8 Å². The van der Waals surface area contributed by atoms with Crippen LogP contribution in [0.5, 0.6) is 17.4 Å². The highest BCUT2D eigenvalue weighted by Gasteiger charge is 2.08. The van der Waals surface area contributed by atoms with Crippen LogP contribution in [0, 0.1) is 5.82 Å². The summed E-state index contributed by atoms with van der Waals surface area (Å²) in [5, 5.41) is 2.91. The molecule has 172 valence electrons. The van der Waals surface area contributed by atoms with Crippen LogP contribution in [0.25, 0.3) is 11.4 Å². The van der Waals surface area contributed by atoms with Gasteiger partial charge in [0, 0.05) is 29.9 Å². The topological polar surface area (TPSA) is 73.3 Å². The molecule has 1 N–H and O–H groups in total. The number of benzene rings is 3. The maximum Gasteiger partial charge on any atom is 0.251 e. The summed E-state index contributed by atoms with van der Waals surface area (Å²) < 4.78 is 24.5. The Hall–Kier alpha value is -4.26. The van der Waals surface area contributed by atoms with Crippen molar-refractivity contribution in [1.29, 1.82) is 0 Å². The van der Waals surface area contributed by atoms with Gasteiger partial charge in [0.25, 0.3) is 5.91 Å². The molecule has 0 aliphatic rings. The van der Waals surface area contributed by atoms with Crippen molar-refractivity contribution in [3.05, 3.63) is 102 Å². The van der Waals surface area contributed by atoms with E-state index in [1.165, 1.54) is 12.1 Å². The number of carbonyl (C=O) groups is 1. The molecule has 0 aliphatic carbocycles. The van der Waals surface area contributed by atoms with Gasteiger partial charge in [0.2, 0.25) is 5.88 Å². The van der Waals surface area contributed by atoms with E-state index in [0.717, 1.165) is 17.7 Å². The van der Waals surface area contributed by atoms with Gasteiger partial charge in [0.05, 0.1) is 6.61 Å². The quantitative estimate of drug-likeness (QED) is 0.344. The molecule has 0 saturated heterocycles. The van der Waals surface area contributed by atoms with E-state index in [-0.39, 0.29) is 11.7 Å². The molecule has 1 aromatic heterocycles.